The van der Waals surface area contributed by atoms with E-state index in [1.165, 1.54) is 19.3 Å². The maximum Gasteiger partial charge on any atom is 0.251 e. The lowest BCUT2D eigenvalue weighted by molar-refractivity contribution is -0.116. The molecule has 0 saturated heterocycles. The lowest BCUT2D eigenvalue weighted by Crippen LogP contribution is -2.36. The Morgan fingerprint density at radius 3 is 2.67 bits per heavy atom. The van der Waals surface area contributed by atoms with E-state index < -0.39 is 0 Å². The van der Waals surface area contributed by atoms with Crippen molar-refractivity contribution < 1.29 is 9.59 Å². The first kappa shape index (κ1) is 15.5. The minimum absolute atomic E-state index is 0.0117. The van der Waals surface area contributed by atoms with Crippen molar-refractivity contribution in [2.24, 2.45) is 0 Å². The number of anilines is 1. The number of carbonyl (C=O) groups excluding carboxylic acids is 2. The highest BCUT2D eigenvalue weighted by Gasteiger charge is 2.16. The van der Waals surface area contributed by atoms with E-state index in [4.69, 9.17) is 0 Å². The van der Waals surface area contributed by atoms with Crippen molar-refractivity contribution in [3.05, 3.63) is 29.8 Å². The van der Waals surface area contributed by atoms with Gasteiger partial charge >= 0.3 is 0 Å². The highest BCUT2D eigenvalue weighted by Crippen LogP contribution is 2.18. The van der Waals surface area contributed by atoms with Gasteiger partial charge in [0.15, 0.2) is 0 Å². The van der Waals surface area contributed by atoms with Crippen LogP contribution < -0.4 is 10.6 Å². The molecule has 1 saturated carbocycles. The van der Waals surface area contributed by atoms with Crippen LogP contribution in [0.2, 0.25) is 0 Å². The van der Waals surface area contributed by atoms with Crippen LogP contribution in [0.1, 0.15) is 62.2 Å². The summed E-state index contributed by atoms with van der Waals surface area (Å²) in [5.74, 6) is -0.0594. The smallest absolute Gasteiger partial charge is 0.251 e. The van der Waals surface area contributed by atoms with Crippen LogP contribution in [0.3, 0.4) is 0 Å². The molecule has 0 aromatic heterocycles. The Balaban J connectivity index is 1.95. The largest absolute Gasteiger partial charge is 0.349 e. The summed E-state index contributed by atoms with van der Waals surface area (Å²) >= 11 is 0. The van der Waals surface area contributed by atoms with E-state index in [0.29, 0.717) is 23.7 Å². The number of rotatable bonds is 5. The molecule has 114 valence electrons. The van der Waals surface area contributed by atoms with E-state index in [1.807, 2.05) is 13.0 Å². The Morgan fingerprint density at radius 1 is 1.19 bits per heavy atom. The molecule has 0 spiro atoms. The fourth-order valence-corrected chi connectivity index (χ4v) is 2.70. The molecular weight excluding hydrogens is 264 g/mol. The van der Waals surface area contributed by atoms with Crippen molar-refractivity contribution in [1.29, 1.82) is 0 Å². The van der Waals surface area contributed by atoms with Gasteiger partial charge in [-0.2, -0.15) is 0 Å². The topological polar surface area (TPSA) is 58.2 Å². The molecule has 0 bridgehead atoms. The standard InChI is InChI=1S/C17H24N2O2/c1-2-7-16(20)18-15-11-6-8-13(12-15)17(21)19-14-9-4-3-5-10-14/h6,8,11-12,14H,2-5,7,9-10H2,1H3,(H,18,20)(H,19,21). The molecule has 2 amide bonds. The van der Waals surface area contributed by atoms with Crippen molar-refractivity contribution in [2.45, 2.75) is 57.9 Å². The second kappa shape index (κ2) is 7.81. The van der Waals surface area contributed by atoms with Crippen molar-refractivity contribution >= 4 is 17.5 Å². The molecule has 4 nitrogen and oxygen atoms in total. The van der Waals surface area contributed by atoms with E-state index in [2.05, 4.69) is 10.6 Å². The Bertz CT molecular complexity index is 493. The third-order valence-electron chi connectivity index (χ3n) is 3.83. The predicted molar refractivity (Wildman–Crippen MR) is 84.3 cm³/mol. The molecule has 1 aliphatic rings. The third-order valence-corrected chi connectivity index (χ3v) is 3.83. The molecule has 21 heavy (non-hydrogen) atoms. The zero-order valence-electron chi connectivity index (χ0n) is 12.7. The van der Waals surface area contributed by atoms with Crippen LogP contribution in [-0.4, -0.2) is 17.9 Å². The molecule has 1 fully saturated rings. The fraction of sp³-hybridized carbons (Fsp3) is 0.529. The minimum atomic E-state index is -0.0477. The van der Waals surface area contributed by atoms with Crippen LogP contribution in [0.15, 0.2) is 24.3 Å². The van der Waals surface area contributed by atoms with Gasteiger partial charge in [0.05, 0.1) is 0 Å². The highest BCUT2D eigenvalue weighted by atomic mass is 16.2. The van der Waals surface area contributed by atoms with Crippen molar-refractivity contribution in [1.82, 2.24) is 5.32 Å². The van der Waals surface area contributed by atoms with E-state index in [9.17, 15) is 9.59 Å². The van der Waals surface area contributed by atoms with Gasteiger partial charge in [-0.05, 0) is 37.5 Å². The molecule has 0 atom stereocenters. The lowest BCUT2D eigenvalue weighted by atomic mass is 9.95. The average Bonchev–Trinajstić information content (AvgIpc) is 2.48. The van der Waals surface area contributed by atoms with Crippen LogP contribution in [0.4, 0.5) is 5.69 Å². The summed E-state index contributed by atoms with van der Waals surface area (Å²) in [6.07, 6.45) is 7.10. The summed E-state index contributed by atoms with van der Waals surface area (Å²) in [6, 6.07) is 7.44. The molecule has 0 heterocycles. The van der Waals surface area contributed by atoms with Gasteiger partial charge in [0.25, 0.3) is 5.91 Å². The Kier molecular flexibility index (Phi) is 5.78. The van der Waals surface area contributed by atoms with Gasteiger partial charge in [-0.3, -0.25) is 9.59 Å². The predicted octanol–water partition coefficient (Wildman–Crippen LogP) is 3.49. The molecular formula is C17H24N2O2. The Labute approximate surface area is 126 Å². The van der Waals surface area contributed by atoms with Crippen LogP contribution in [0, 0.1) is 0 Å². The molecule has 0 unspecified atom stereocenters. The lowest BCUT2D eigenvalue weighted by Gasteiger charge is -2.22. The number of hydrogen-bond acceptors (Lipinski definition) is 2. The number of nitrogens with one attached hydrogen (secondary N) is 2. The Hall–Kier alpha value is -1.84. The van der Waals surface area contributed by atoms with E-state index in [0.717, 1.165) is 19.3 Å². The molecule has 2 rings (SSSR count). The zero-order chi connectivity index (χ0) is 15.1. The SMILES string of the molecule is CCCC(=O)Nc1cccc(C(=O)NC2CCCCC2)c1. The number of hydrogen-bond donors (Lipinski definition) is 2. The first-order valence-electron chi connectivity index (χ1n) is 7.90. The quantitative estimate of drug-likeness (QED) is 0.871. The summed E-state index contributed by atoms with van der Waals surface area (Å²) in [6.45, 7) is 1.97. The summed E-state index contributed by atoms with van der Waals surface area (Å²) in [7, 11) is 0. The molecule has 1 aromatic rings. The highest BCUT2D eigenvalue weighted by molar-refractivity contribution is 5.97. The van der Waals surface area contributed by atoms with Crippen molar-refractivity contribution in [3.8, 4) is 0 Å². The summed E-state index contributed by atoms with van der Waals surface area (Å²) in [5.41, 5.74) is 1.29. The maximum atomic E-state index is 12.3. The monoisotopic (exact) mass is 288 g/mol. The van der Waals surface area contributed by atoms with Gasteiger partial charge in [-0.1, -0.05) is 32.3 Å². The minimum Gasteiger partial charge on any atom is -0.349 e. The summed E-state index contributed by atoms with van der Waals surface area (Å²) in [5, 5.41) is 5.91. The van der Waals surface area contributed by atoms with Gasteiger partial charge < -0.3 is 10.6 Å². The second-order valence-electron chi connectivity index (χ2n) is 5.69. The first-order chi connectivity index (χ1) is 10.2. The van der Waals surface area contributed by atoms with E-state index in [-0.39, 0.29) is 11.8 Å². The number of benzene rings is 1. The van der Waals surface area contributed by atoms with Gasteiger partial charge in [-0.25, -0.2) is 0 Å². The molecule has 0 radical (unpaired) electrons. The van der Waals surface area contributed by atoms with E-state index >= 15 is 0 Å². The number of carbonyl (C=O) groups is 2. The molecule has 4 heteroatoms. The van der Waals surface area contributed by atoms with Gasteiger partial charge in [-0.15, -0.1) is 0 Å². The third kappa shape index (κ3) is 4.88. The molecule has 1 aromatic carbocycles. The van der Waals surface area contributed by atoms with Crippen LogP contribution in [0.5, 0.6) is 0 Å². The molecule has 2 N–H and O–H groups in total. The normalized spacial score (nSPS) is 15.5. The Morgan fingerprint density at radius 2 is 1.95 bits per heavy atom. The van der Waals surface area contributed by atoms with Crippen LogP contribution in [-0.2, 0) is 4.79 Å². The zero-order valence-corrected chi connectivity index (χ0v) is 12.7. The first-order valence-corrected chi connectivity index (χ1v) is 7.90. The van der Waals surface area contributed by atoms with Crippen LogP contribution in [0.25, 0.3) is 0 Å². The van der Waals surface area contributed by atoms with E-state index in [1.54, 1.807) is 18.2 Å². The molecule has 0 aliphatic heterocycles. The van der Waals surface area contributed by atoms with Gasteiger partial charge in [0.1, 0.15) is 0 Å². The number of amides is 2. The summed E-state index contributed by atoms with van der Waals surface area (Å²) in [4.78, 5) is 23.9. The molecule has 1 aliphatic carbocycles. The van der Waals surface area contributed by atoms with Crippen LogP contribution >= 0.6 is 0 Å². The van der Waals surface area contributed by atoms with Crippen molar-refractivity contribution in [3.63, 3.8) is 0 Å². The second-order valence-corrected chi connectivity index (χ2v) is 5.69. The maximum absolute atomic E-state index is 12.3. The fourth-order valence-electron chi connectivity index (χ4n) is 2.70. The van der Waals surface area contributed by atoms with Gasteiger partial charge in [0, 0.05) is 23.7 Å². The van der Waals surface area contributed by atoms with Crippen molar-refractivity contribution in [2.75, 3.05) is 5.32 Å². The summed E-state index contributed by atoms with van der Waals surface area (Å²) < 4.78 is 0. The average molecular weight is 288 g/mol. The van der Waals surface area contributed by atoms with Gasteiger partial charge in [0.2, 0.25) is 5.91 Å².